The molecular weight excluding hydrogens is 263 g/mol. The Labute approximate surface area is 115 Å². The summed E-state index contributed by atoms with van der Waals surface area (Å²) in [5, 5.41) is 30.7. The van der Waals surface area contributed by atoms with Crippen LogP contribution in [0, 0.1) is 16.2 Å². The number of nitrogens with one attached hydrogen (secondary N) is 1. The van der Waals surface area contributed by atoms with Crippen molar-refractivity contribution in [2.45, 2.75) is 38.1 Å². The van der Waals surface area contributed by atoms with E-state index in [-0.39, 0.29) is 27.9 Å². The molecule has 1 aliphatic rings. The molecule has 1 fully saturated rings. The van der Waals surface area contributed by atoms with Crippen molar-refractivity contribution >= 4 is 17.0 Å². The highest BCUT2D eigenvalue weighted by molar-refractivity contribution is 5.67. The molecule has 1 heterocycles. The first-order valence-electron chi connectivity index (χ1n) is 6.74. The van der Waals surface area contributed by atoms with E-state index in [0.717, 1.165) is 37.8 Å². The van der Waals surface area contributed by atoms with Crippen LogP contribution >= 0.6 is 0 Å². The minimum Gasteiger partial charge on any atom is -0.739 e. The van der Waals surface area contributed by atoms with Gasteiger partial charge in [-0.25, -0.2) is 9.12 Å². The summed E-state index contributed by atoms with van der Waals surface area (Å²) < 4.78 is 13.7. The molecule has 1 aromatic heterocycles. The van der Waals surface area contributed by atoms with Crippen molar-refractivity contribution in [3.05, 3.63) is 34.4 Å². The average molecular weight is 278 g/mol. The Hall–Kier alpha value is -2.18. The molecule has 0 atom stereocenters. The fraction of sp³-hybridized carbons (Fsp3) is 0.462. The van der Waals surface area contributed by atoms with Crippen LogP contribution in [-0.4, -0.2) is 11.1 Å². The van der Waals surface area contributed by atoms with Crippen molar-refractivity contribution in [1.82, 2.24) is 5.10 Å². The Morgan fingerprint density at radius 2 is 1.90 bits per heavy atom. The highest BCUT2D eigenvalue weighted by Gasteiger charge is 2.25. The lowest BCUT2D eigenvalue weighted by Crippen LogP contribution is -2.45. The molecule has 3 rings (SSSR count). The summed E-state index contributed by atoms with van der Waals surface area (Å²) in [4.78, 5) is 0.290. The van der Waals surface area contributed by atoms with Crippen LogP contribution in [-0.2, 0) is 0 Å². The zero-order valence-corrected chi connectivity index (χ0v) is 10.9. The molecule has 0 saturated heterocycles. The molecule has 1 aromatic carbocycles. The van der Waals surface area contributed by atoms with Gasteiger partial charge in [0.05, 0.1) is 12.1 Å². The van der Waals surface area contributed by atoms with Gasteiger partial charge in [0.2, 0.25) is 5.10 Å². The maximum atomic E-state index is 13.1. The van der Waals surface area contributed by atoms with E-state index in [0.29, 0.717) is 4.73 Å². The molecule has 0 radical (unpaired) electrons. The predicted molar refractivity (Wildman–Crippen MR) is 70.1 cm³/mol. The number of hydrogen-bond donors (Lipinski definition) is 1. The molecule has 2 aromatic rings. The van der Waals surface area contributed by atoms with Crippen LogP contribution in [0.1, 0.15) is 32.1 Å². The topological polar surface area (TPSA) is 78.8 Å². The first-order valence-corrected chi connectivity index (χ1v) is 6.74. The third-order valence-electron chi connectivity index (χ3n) is 3.68. The molecule has 106 valence electrons. The van der Waals surface area contributed by atoms with Gasteiger partial charge < -0.3 is 10.4 Å². The molecule has 7 heteroatoms. The standard InChI is InChI=1S/C13H15FN4O2/c14-9-6-7-11-12(8-9)18(20)16-13(17(11)19)15-10-4-2-1-3-5-10/h6-8,10H,1-5H2,(H,15,16). The van der Waals surface area contributed by atoms with Crippen molar-refractivity contribution in [2.75, 3.05) is 5.32 Å². The first kappa shape index (κ1) is 12.8. The molecule has 0 aliphatic heterocycles. The molecule has 1 N–H and O–H groups in total. The van der Waals surface area contributed by atoms with Gasteiger partial charge >= 0.3 is 11.5 Å². The molecule has 0 bridgehead atoms. The molecule has 0 spiro atoms. The number of nitrogens with zero attached hydrogens (tertiary/aromatic N) is 3. The number of anilines is 1. The monoisotopic (exact) mass is 278 g/mol. The SMILES string of the molecule is [O-][n+]1nc(NC2CCCCC2)[n+]([O-])c2ccc(F)cc21. The number of fused-ring (bicyclic) bond motifs is 1. The van der Waals surface area contributed by atoms with Gasteiger partial charge in [0.1, 0.15) is 5.82 Å². The minimum absolute atomic E-state index is 0.0222. The Morgan fingerprint density at radius 1 is 1.15 bits per heavy atom. The van der Waals surface area contributed by atoms with Crippen molar-refractivity contribution in [2.24, 2.45) is 0 Å². The van der Waals surface area contributed by atoms with Crippen LogP contribution in [0.4, 0.5) is 10.3 Å². The lowest BCUT2D eigenvalue weighted by molar-refractivity contribution is -0.672. The van der Waals surface area contributed by atoms with Gasteiger partial charge in [0.15, 0.2) is 5.52 Å². The Balaban J connectivity index is 1.99. The van der Waals surface area contributed by atoms with Crippen LogP contribution in [0.15, 0.2) is 18.2 Å². The van der Waals surface area contributed by atoms with Crippen molar-refractivity contribution < 1.29 is 14.0 Å². The van der Waals surface area contributed by atoms with Crippen molar-refractivity contribution in [1.29, 1.82) is 0 Å². The van der Waals surface area contributed by atoms with E-state index in [2.05, 4.69) is 10.4 Å². The fourth-order valence-electron chi connectivity index (χ4n) is 2.63. The van der Waals surface area contributed by atoms with Crippen LogP contribution in [0.2, 0.25) is 0 Å². The number of halogens is 1. The van der Waals surface area contributed by atoms with Crippen LogP contribution in [0.5, 0.6) is 0 Å². The summed E-state index contributed by atoms with van der Waals surface area (Å²) in [6.07, 6.45) is 5.32. The maximum absolute atomic E-state index is 13.1. The van der Waals surface area contributed by atoms with Gasteiger partial charge in [0.25, 0.3) is 0 Å². The van der Waals surface area contributed by atoms with Crippen LogP contribution in [0.3, 0.4) is 0 Å². The van der Waals surface area contributed by atoms with Gasteiger partial charge in [-0.05, 0) is 25.0 Å². The highest BCUT2D eigenvalue weighted by atomic mass is 19.1. The lowest BCUT2D eigenvalue weighted by atomic mass is 9.96. The number of benzene rings is 1. The van der Waals surface area contributed by atoms with Gasteiger partial charge in [-0.1, -0.05) is 19.3 Å². The second kappa shape index (κ2) is 5.07. The van der Waals surface area contributed by atoms with Gasteiger partial charge in [-0.2, -0.15) is 0 Å². The molecule has 20 heavy (non-hydrogen) atoms. The quantitative estimate of drug-likeness (QED) is 0.665. The maximum Gasteiger partial charge on any atom is 0.461 e. The average Bonchev–Trinajstić information content (AvgIpc) is 2.45. The fourth-order valence-corrected chi connectivity index (χ4v) is 2.63. The summed E-state index contributed by atoms with van der Waals surface area (Å²) in [6, 6.07) is 3.61. The number of rotatable bonds is 2. The van der Waals surface area contributed by atoms with Crippen LogP contribution in [0.25, 0.3) is 11.0 Å². The Kier molecular flexibility index (Phi) is 3.25. The zero-order chi connectivity index (χ0) is 14.1. The van der Waals surface area contributed by atoms with Gasteiger partial charge in [-0.15, -0.1) is 0 Å². The van der Waals surface area contributed by atoms with Gasteiger partial charge in [0, 0.05) is 4.85 Å². The van der Waals surface area contributed by atoms with Gasteiger partial charge in [-0.3, -0.25) is 5.32 Å². The van der Waals surface area contributed by atoms with E-state index in [1.54, 1.807) is 0 Å². The van der Waals surface area contributed by atoms with E-state index in [1.165, 1.54) is 12.5 Å². The molecule has 0 amide bonds. The summed E-state index contributed by atoms with van der Waals surface area (Å²) in [6.45, 7) is 0. The Morgan fingerprint density at radius 3 is 2.65 bits per heavy atom. The van der Waals surface area contributed by atoms with Crippen molar-refractivity contribution in [3.8, 4) is 0 Å². The molecule has 1 saturated carbocycles. The van der Waals surface area contributed by atoms with Crippen molar-refractivity contribution in [3.63, 3.8) is 0 Å². The number of aromatic nitrogens is 3. The second-order valence-electron chi connectivity index (χ2n) is 5.10. The summed E-state index contributed by atoms with van der Waals surface area (Å²) in [7, 11) is 0. The zero-order valence-electron chi connectivity index (χ0n) is 10.9. The van der Waals surface area contributed by atoms with E-state index in [9.17, 15) is 14.8 Å². The third kappa shape index (κ3) is 2.31. The van der Waals surface area contributed by atoms with E-state index in [4.69, 9.17) is 0 Å². The summed E-state index contributed by atoms with van der Waals surface area (Å²) in [5.41, 5.74) is 0.0314. The van der Waals surface area contributed by atoms with E-state index in [1.807, 2.05) is 0 Å². The first-order chi connectivity index (χ1) is 9.65. The summed E-state index contributed by atoms with van der Waals surface area (Å²) >= 11 is 0. The molecular formula is C13H15FN4O2. The normalized spacial score (nSPS) is 16.4. The Bertz CT molecular complexity index is 644. The van der Waals surface area contributed by atoms with E-state index < -0.39 is 5.82 Å². The predicted octanol–water partition coefficient (Wildman–Crippen LogP) is 1.39. The largest absolute Gasteiger partial charge is 0.739 e. The molecule has 6 nitrogen and oxygen atoms in total. The molecule has 0 unspecified atom stereocenters. The number of hydrogen-bond acceptors (Lipinski definition) is 4. The third-order valence-corrected chi connectivity index (χ3v) is 3.68. The summed E-state index contributed by atoms with van der Waals surface area (Å²) in [5.74, 6) is -0.595. The minimum atomic E-state index is -0.572. The van der Waals surface area contributed by atoms with E-state index >= 15 is 0 Å². The highest BCUT2D eigenvalue weighted by Crippen LogP contribution is 2.20. The molecule has 1 aliphatic carbocycles. The smallest absolute Gasteiger partial charge is 0.461 e. The second-order valence-corrected chi connectivity index (χ2v) is 5.10. The van der Waals surface area contributed by atoms with Crippen LogP contribution < -0.4 is 14.9 Å². The lowest BCUT2D eigenvalue weighted by Gasteiger charge is -2.20.